The number of methoxy groups -OCH3 is 1. The van der Waals surface area contributed by atoms with Crippen molar-refractivity contribution in [1.82, 2.24) is 4.57 Å². The van der Waals surface area contributed by atoms with Gasteiger partial charge in [0.25, 0.3) is 11.2 Å². The summed E-state index contributed by atoms with van der Waals surface area (Å²) in [6.45, 7) is 1.23. The first-order valence-corrected chi connectivity index (χ1v) is 15.9. The van der Waals surface area contributed by atoms with Crippen molar-refractivity contribution in [3.63, 3.8) is 0 Å². The van der Waals surface area contributed by atoms with E-state index in [2.05, 4.69) is 4.99 Å². The van der Waals surface area contributed by atoms with Crippen LogP contribution in [0, 0.1) is 13.7 Å². The summed E-state index contributed by atoms with van der Waals surface area (Å²) in [5, 5.41) is 11.3. The van der Waals surface area contributed by atoms with Crippen LogP contribution < -0.4 is 24.4 Å². The van der Waals surface area contributed by atoms with Crippen molar-refractivity contribution >= 4 is 63.3 Å². The van der Waals surface area contributed by atoms with Gasteiger partial charge in [-0.3, -0.25) is 19.5 Å². The third-order valence-corrected chi connectivity index (χ3v) is 8.72. The minimum absolute atomic E-state index is 0.00131. The number of alkyl halides is 3. The van der Waals surface area contributed by atoms with Crippen LogP contribution in [0.3, 0.4) is 0 Å². The first kappa shape index (κ1) is 34.1. The Morgan fingerprint density at radius 1 is 1.17 bits per heavy atom. The molecule has 244 valence electrons. The van der Waals surface area contributed by atoms with Crippen LogP contribution in [0.1, 0.15) is 29.7 Å². The third-order valence-electron chi connectivity index (χ3n) is 6.87. The number of nitrogens with zero attached hydrogens (tertiary/aromatic N) is 3. The molecule has 0 spiro atoms. The quantitative estimate of drug-likeness (QED) is 0.0870. The molecular weight excluding hydrogens is 778 g/mol. The van der Waals surface area contributed by atoms with Crippen LogP contribution in [-0.4, -0.2) is 35.4 Å². The minimum Gasteiger partial charge on any atom is -0.493 e. The van der Waals surface area contributed by atoms with E-state index in [1.807, 2.05) is 22.6 Å². The molecule has 0 fully saturated rings. The Kier molecular flexibility index (Phi) is 10.1. The largest absolute Gasteiger partial charge is 0.493 e. The number of ether oxygens (including phenoxy) is 3. The van der Waals surface area contributed by atoms with Gasteiger partial charge in [-0.05, 0) is 83.1 Å². The third kappa shape index (κ3) is 7.21. The highest BCUT2D eigenvalue weighted by Gasteiger charge is 2.45. The zero-order valence-corrected chi connectivity index (χ0v) is 28.1. The number of nitro benzene ring substituents is 1. The average molecular weight is 800 g/mol. The van der Waals surface area contributed by atoms with Crippen molar-refractivity contribution in [2.24, 2.45) is 4.99 Å². The van der Waals surface area contributed by atoms with E-state index in [4.69, 9.17) is 25.8 Å². The lowest BCUT2D eigenvalue weighted by molar-refractivity contribution is -0.384. The van der Waals surface area contributed by atoms with E-state index in [1.54, 1.807) is 12.1 Å². The van der Waals surface area contributed by atoms with E-state index in [9.17, 15) is 32.9 Å². The van der Waals surface area contributed by atoms with Crippen molar-refractivity contribution in [2.75, 3.05) is 13.7 Å². The first-order valence-electron chi connectivity index (χ1n) is 13.6. The van der Waals surface area contributed by atoms with Gasteiger partial charge in [0.15, 0.2) is 22.0 Å². The molecule has 0 aliphatic carbocycles. The molecule has 4 aromatic rings. The number of carbonyl (C=O) groups excluding carboxylic acids is 1. The molecule has 0 unspecified atom stereocenters. The van der Waals surface area contributed by atoms with Crippen molar-refractivity contribution in [3.05, 3.63) is 127 Å². The topological polar surface area (TPSA) is 122 Å². The Hall–Kier alpha value is -4.22. The number of rotatable bonds is 9. The van der Waals surface area contributed by atoms with E-state index in [0.717, 1.165) is 4.57 Å². The van der Waals surface area contributed by atoms with Gasteiger partial charge in [-0.2, -0.15) is 13.2 Å². The molecule has 1 aliphatic rings. The van der Waals surface area contributed by atoms with Crippen LogP contribution in [0.25, 0.3) is 6.08 Å². The van der Waals surface area contributed by atoms with Gasteiger partial charge in [-0.25, -0.2) is 9.79 Å². The molecule has 5 rings (SSSR count). The number of fused-ring (bicyclic) bond motifs is 1. The predicted octanol–water partition coefficient (Wildman–Crippen LogP) is 6.09. The van der Waals surface area contributed by atoms with E-state index < -0.39 is 39.9 Å². The second-order valence-electron chi connectivity index (χ2n) is 9.85. The molecule has 10 nitrogen and oxygen atoms in total. The maximum absolute atomic E-state index is 14.4. The molecule has 0 radical (unpaired) electrons. The highest BCUT2D eigenvalue weighted by Crippen LogP contribution is 2.39. The van der Waals surface area contributed by atoms with Crippen LogP contribution in [0.15, 0.2) is 81.7 Å². The molecule has 0 amide bonds. The molecule has 47 heavy (non-hydrogen) atoms. The Bertz CT molecular complexity index is 2080. The predicted molar refractivity (Wildman–Crippen MR) is 175 cm³/mol. The number of nitro groups is 1. The smallest absolute Gasteiger partial charge is 0.434 e. The zero-order chi connectivity index (χ0) is 34.0. The number of hydrogen-bond acceptors (Lipinski definition) is 9. The average Bonchev–Trinajstić information content (AvgIpc) is 3.34. The van der Waals surface area contributed by atoms with Crippen LogP contribution in [-0.2, 0) is 16.1 Å². The SMILES string of the molecule is CCOC(=O)C1=C(C(F)(F)F)N=c2s/c(=C\c3cc(I)cc(OC)c3OCc3ccc([N+](=O)[O-])cc3)c(=O)n2[C@H]1c1ccc(Cl)cc1. The lowest BCUT2D eigenvalue weighted by Crippen LogP contribution is -2.41. The van der Waals surface area contributed by atoms with Gasteiger partial charge in [-0.1, -0.05) is 35.1 Å². The number of non-ortho nitro benzene ring substituents is 1. The summed E-state index contributed by atoms with van der Waals surface area (Å²) in [5.74, 6) is -0.738. The molecule has 3 aromatic carbocycles. The van der Waals surface area contributed by atoms with Crippen LogP contribution in [0.5, 0.6) is 11.5 Å². The molecule has 1 aromatic heterocycles. The van der Waals surface area contributed by atoms with Crippen LogP contribution in [0.2, 0.25) is 5.02 Å². The number of aromatic nitrogens is 1. The second-order valence-corrected chi connectivity index (χ2v) is 12.5. The summed E-state index contributed by atoms with van der Waals surface area (Å²) in [6, 6.07) is 13.3. The summed E-state index contributed by atoms with van der Waals surface area (Å²) in [7, 11) is 1.42. The second kappa shape index (κ2) is 13.9. The van der Waals surface area contributed by atoms with Crippen molar-refractivity contribution < 1.29 is 37.1 Å². The van der Waals surface area contributed by atoms with E-state index >= 15 is 0 Å². The number of esters is 1. The number of hydrogen-bond donors (Lipinski definition) is 0. The number of halogens is 5. The molecule has 16 heteroatoms. The number of carbonyl (C=O) groups is 1. The highest BCUT2D eigenvalue weighted by atomic mass is 127. The summed E-state index contributed by atoms with van der Waals surface area (Å²) < 4.78 is 61.6. The van der Waals surface area contributed by atoms with E-state index in [1.165, 1.54) is 68.6 Å². The van der Waals surface area contributed by atoms with Gasteiger partial charge in [0, 0.05) is 26.3 Å². The lowest BCUT2D eigenvalue weighted by Gasteiger charge is -2.26. The van der Waals surface area contributed by atoms with Gasteiger partial charge in [0.1, 0.15) is 6.61 Å². The van der Waals surface area contributed by atoms with Gasteiger partial charge in [-0.15, -0.1) is 0 Å². The molecule has 0 N–H and O–H groups in total. The van der Waals surface area contributed by atoms with Crippen molar-refractivity contribution in [1.29, 1.82) is 0 Å². The van der Waals surface area contributed by atoms with Gasteiger partial charge in [0.2, 0.25) is 0 Å². The summed E-state index contributed by atoms with van der Waals surface area (Å²) in [6.07, 6.45) is -3.61. The molecule has 0 saturated carbocycles. The fraction of sp³-hybridized carbons (Fsp3) is 0.194. The van der Waals surface area contributed by atoms with Crippen molar-refractivity contribution in [2.45, 2.75) is 25.7 Å². The Balaban J connectivity index is 1.69. The normalized spacial score (nSPS) is 14.8. The summed E-state index contributed by atoms with van der Waals surface area (Å²) in [4.78, 5) is 41.1. The molecule has 1 aliphatic heterocycles. The summed E-state index contributed by atoms with van der Waals surface area (Å²) in [5.41, 5.74) is -1.94. The number of benzene rings is 3. The van der Waals surface area contributed by atoms with Gasteiger partial charge < -0.3 is 14.2 Å². The maximum atomic E-state index is 14.4. The maximum Gasteiger partial charge on any atom is 0.434 e. The van der Waals surface area contributed by atoms with Gasteiger partial charge in [0.05, 0.1) is 34.8 Å². The number of allylic oxidation sites excluding steroid dienone is 1. The fourth-order valence-electron chi connectivity index (χ4n) is 4.81. The van der Waals surface area contributed by atoms with E-state index in [-0.39, 0.29) is 39.5 Å². The zero-order valence-electron chi connectivity index (χ0n) is 24.3. The Morgan fingerprint density at radius 2 is 1.85 bits per heavy atom. The van der Waals surface area contributed by atoms with Crippen molar-refractivity contribution in [3.8, 4) is 11.5 Å². The standard InChI is InChI=1S/C31H22ClF3IN3O7S/c1-3-45-29(41)24-25(17-6-8-19(32)9-7-17)38-28(40)23(47-30(38)37-27(24)31(33,34)35)13-18-12-20(36)14-22(44-2)26(18)46-15-16-4-10-21(11-5-16)39(42)43/h4-14,25H,3,15H2,1-2H3/b23-13-/t25-/m0/s1. The molecule has 0 bridgehead atoms. The molecule has 1 atom stereocenters. The minimum atomic E-state index is -5.05. The lowest BCUT2D eigenvalue weighted by atomic mass is 9.95. The monoisotopic (exact) mass is 799 g/mol. The first-order chi connectivity index (χ1) is 22.3. The fourth-order valence-corrected chi connectivity index (χ4v) is 6.55. The van der Waals surface area contributed by atoms with Crippen LogP contribution >= 0.6 is 45.5 Å². The number of thiazole rings is 1. The van der Waals surface area contributed by atoms with E-state index in [0.29, 0.717) is 36.8 Å². The van der Waals surface area contributed by atoms with Crippen LogP contribution in [0.4, 0.5) is 18.9 Å². The Morgan fingerprint density at radius 3 is 2.45 bits per heavy atom. The molecule has 0 saturated heterocycles. The molecular formula is C31H22ClF3IN3O7S. The Labute approximate surface area is 286 Å². The molecule has 2 heterocycles. The highest BCUT2D eigenvalue weighted by molar-refractivity contribution is 14.1. The van der Waals surface area contributed by atoms with Gasteiger partial charge >= 0.3 is 12.1 Å². The summed E-state index contributed by atoms with van der Waals surface area (Å²) >= 11 is 8.78.